The lowest BCUT2D eigenvalue weighted by molar-refractivity contribution is -0.726. The molecule has 2 unspecified atom stereocenters. The van der Waals surface area contributed by atoms with Crippen molar-refractivity contribution < 1.29 is 13.6 Å². The number of nitrogens with zero attached hydrogens (tertiary/aromatic N) is 3. The molecule has 2 atom stereocenters. The van der Waals surface area contributed by atoms with Gasteiger partial charge in [0.2, 0.25) is 28.8 Å². The van der Waals surface area contributed by atoms with Crippen molar-refractivity contribution in [2.45, 2.75) is 103 Å². The first-order chi connectivity index (χ1) is 27.5. The molecule has 0 bridgehead atoms. The van der Waals surface area contributed by atoms with Crippen LogP contribution in [0, 0.1) is 12.8 Å². The summed E-state index contributed by atoms with van der Waals surface area (Å²) in [6, 6.07) is 34.4. The van der Waals surface area contributed by atoms with E-state index in [4.69, 9.17) is 16.0 Å². The molecule has 3 aliphatic rings. The summed E-state index contributed by atoms with van der Waals surface area (Å²) in [5.74, 6) is 1.41. The van der Waals surface area contributed by atoms with Gasteiger partial charge in [0.15, 0.2) is 18.0 Å². The summed E-state index contributed by atoms with van der Waals surface area (Å²) in [4.78, 5) is 4.98. The number of aryl methyl sites for hydroxylation is 2. The van der Waals surface area contributed by atoms with Gasteiger partial charge in [0.1, 0.15) is 0 Å². The molecule has 286 valence electrons. The monoisotopic (exact) mass is 765 g/mol. The molecule has 1 fully saturated rings. The first-order valence-electron chi connectivity index (χ1n) is 21.4. The highest BCUT2D eigenvalue weighted by molar-refractivity contribution is 6.89. The fourth-order valence-electron chi connectivity index (χ4n) is 10.7. The highest BCUT2D eigenvalue weighted by Gasteiger charge is 2.48. The average molecular weight is 766 g/mol. The van der Waals surface area contributed by atoms with Crippen molar-refractivity contribution in [3.8, 4) is 33.6 Å². The molecule has 2 aliphatic heterocycles. The fraction of sp³-hybridized carbons (Fsp3) is 0.327. The van der Waals surface area contributed by atoms with Crippen molar-refractivity contribution >= 4 is 41.0 Å². The Hall–Kier alpha value is -5.13. The van der Waals surface area contributed by atoms with E-state index in [0.29, 0.717) is 11.6 Å². The third kappa shape index (κ3) is 6.04. The minimum Gasteiger partial charge on any atom is -0.437 e. The number of pyridine rings is 3. The molecule has 7 aromatic rings. The van der Waals surface area contributed by atoms with Gasteiger partial charge in [-0.15, -0.1) is 0 Å². The van der Waals surface area contributed by atoms with E-state index in [9.17, 15) is 0 Å². The maximum atomic E-state index is 7.06. The van der Waals surface area contributed by atoms with Crippen molar-refractivity contribution in [3.05, 3.63) is 138 Å². The zero-order valence-electron chi connectivity index (χ0n) is 34.5. The Morgan fingerprint density at radius 3 is 2.40 bits per heavy atom. The summed E-state index contributed by atoms with van der Waals surface area (Å²) < 4.78 is 12.2. The number of benzene rings is 3. The van der Waals surface area contributed by atoms with Gasteiger partial charge < -0.3 is 4.42 Å². The van der Waals surface area contributed by atoms with Gasteiger partial charge in [-0.25, -0.2) is 4.98 Å². The van der Waals surface area contributed by atoms with Crippen LogP contribution in [-0.2, 0) is 12.8 Å². The lowest BCUT2D eigenvalue weighted by atomic mass is 9.78. The van der Waals surface area contributed by atoms with Crippen LogP contribution in [0.5, 0.6) is 0 Å². The van der Waals surface area contributed by atoms with Gasteiger partial charge >= 0.3 is 0 Å². The molecule has 4 nitrogen and oxygen atoms in total. The van der Waals surface area contributed by atoms with Gasteiger partial charge in [0.25, 0.3) is 0 Å². The Labute approximate surface area is 339 Å². The molecule has 5 heteroatoms. The van der Waals surface area contributed by atoms with Crippen LogP contribution < -0.4 is 14.3 Å². The standard InChI is InChI=1S/C52H55N3OSi/c1-32(2)43-30-45-40-20-14-13-19-39(40)41-24-22-38-29-44(37-17-9-8-10-18-37)49-42-23-21-33(3)53-52(42)56-51(49)48(38)46-28-36(27-35-15-11-12-16-35)25-26-54(46)34(4)50(41)55(45)31-47(43)57(5,6)7/h8-10,13-14,17-21,23,25-26,28-32,35,41,50H,4,11-12,15-16,22,24,27H2,1-3,5-7H3/q+2. The summed E-state index contributed by atoms with van der Waals surface area (Å²) in [5.41, 5.74) is 16.8. The molecule has 0 amide bonds. The quantitative estimate of drug-likeness (QED) is 0.129. The van der Waals surface area contributed by atoms with Crippen molar-refractivity contribution in [1.82, 2.24) is 4.98 Å². The molecule has 1 saturated carbocycles. The van der Waals surface area contributed by atoms with Gasteiger partial charge in [-0.1, -0.05) is 108 Å². The van der Waals surface area contributed by atoms with Crippen LogP contribution in [0.15, 0.2) is 114 Å². The number of rotatable bonds is 5. The maximum Gasteiger partial charge on any atom is 0.249 e. The van der Waals surface area contributed by atoms with E-state index >= 15 is 0 Å². The van der Waals surface area contributed by atoms with Crippen LogP contribution in [0.4, 0.5) is 0 Å². The highest BCUT2D eigenvalue weighted by Crippen LogP contribution is 2.48. The Kier molecular flexibility index (Phi) is 8.75. The SMILES string of the molecule is C=C1C2C(CCc3cc(-c4ccccc4)c4c(oc5nc(C)ccc54)c3-c3cc(CC4CCCC4)cc[n+]31)c1ccccc1-c1cc(C(C)C)c([Si](C)(C)C)c[n+]12. The van der Waals surface area contributed by atoms with Crippen molar-refractivity contribution in [1.29, 1.82) is 0 Å². The van der Waals surface area contributed by atoms with Gasteiger partial charge in [0.05, 0.1) is 19.6 Å². The van der Waals surface area contributed by atoms with E-state index in [0.717, 1.165) is 52.9 Å². The van der Waals surface area contributed by atoms with E-state index in [2.05, 4.69) is 153 Å². The predicted octanol–water partition coefficient (Wildman–Crippen LogP) is 12.0. The molecule has 57 heavy (non-hydrogen) atoms. The number of hydrogen-bond acceptors (Lipinski definition) is 2. The Balaban J connectivity index is 1.28. The first-order valence-corrected chi connectivity index (χ1v) is 24.9. The summed E-state index contributed by atoms with van der Waals surface area (Å²) in [5, 5.41) is 3.76. The summed E-state index contributed by atoms with van der Waals surface area (Å²) in [7, 11) is -1.72. The fourth-order valence-corrected chi connectivity index (χ4v) is 12.4. The van der Waals surface area contributed by atoms with Crippen molar-refractivity contribution in [2.24, 2.45) is 5.92 Å². The van der Waals surface area contributed by atoms with Crippen LogP contribution >= 0.6 is 0 Å². The number of fused-ring (bicyclic) bond motifs is 13. The Morgan fingerprint density at radius 1 is 0.860 bits per heavy atom. The molecule has 1 aliphatic carbocycles. The van der Waals surface area contributed by atoms with E-state index in [1.54, 1.807) is 5.19 Å². The maximum absolute atomic E-state index is 7.06. The molecule has 4 aromatic heterocycles. The van der Waals surface area contributed by atoms with E-state index < -0.39 is 8.07 Å². The number of allylic oxidation sites excluding steroid dienone is 1. The first kappa shape index (κ1) is 36.2. The number of aromatic nitrogens is 3. The number of furan rings is 1. The second-order valence-electron chi connectivity index (χ2n) is 18.6. The summed E-state index contributed by atoms with van der Waals surface area (Å²) in [6.45, 7) is 19.4. The van der Waals surface area contributed by atoms with Crippen molar-refractivity contribution in [2.75, 3.05) is 0 Å². The lowest BCUT2D eigenvalue weighted by Crippen LogP contribution is -2.57. The third-order valence-corrected chi connectivity index (χ3v) is 15.5. The second-order valence-corrected chi connectivity index (χ2v) is 23.6. The topological polar surface area (TPSA) is 33.8 Å². The van der Waals surface area contributed by atoms with Crippen LogP contribution in [-0.4, -0.2) is 13.1 Å². The van der Waals surface area contributed by atoms with Crippen LogP contribution in [0.2, 0.25) is 19.6 Å². The molecule has 10 rings (SSSR count). The molecule has 0 saturated heterocycles. The normalized spacial score (nSPS) is 18.1. The summed E-state index contributed by atoms with van der Waals surface area (Å²) in [6.07, 6.45) is 13.2. The molecule has 6 heterocycles. The predicted molar refractivity (Wildman–Crippen MR) is 238 cm³/mol. The molecule has 0 spiro atoms. The zero-order valence-corrected chi connectivity index (χ0v) is 35.5. The van der Waals surface area contributed by atoms with Gasteiger partial charge in [0, 0.05) is 45.4 Å². The second kappa shape index (κ2) is 13.8. The Morgan fingerprint density at radius 2 is 1.63 bits per heavy atom. The molecular formula is C52H55N3OSi+2. The van der Waals surface area contributed by atoms with E-state index in [1.807, 2.05) is 0 Å². The average Bonchev–Trinajstić information content (AvgIpc) is 3.86. The third-order valence-electron chi connectivity index (χ3n) is 13.5. The van der Waals surface area contributed by atoms with Gasteiger partial charge in [-0.05, 0) is 102 Å². The lowest BCUT2D eigenvalue weighted by Gasteiger charge is -2.32. The van der Waals surface area contributed by atoms with Gasteiger partial charge in [-0.3, -0.25) is 0 Å². The molecule has 3 aromatic carbocycles. The van der Waals surface area contributed by atoms with E-state index in [-0.39, 0.29) is 12.0 Å². The smallest absolute Gasteiger partial charge is 0.249 e. The van der Waals surface area contributed by atoms with E-state index in [1.165, 1.54) is 81.6 Å². The van der Waals surface area contributed by atoms with Crippen LogP contribution in [0.25, 0.3) is 61.4 Å². The minimum atomic E-state index is -1.72. The van der Waals surface area contributed by atoms with Gasteiger partial charge in [-0.2, -0.15) is 9.13 Å². The Bertz CT molecular complexity index is 2730. The molecular weight excluding hydrogens is 711 g/mol. The zero-order chi connectivity index (χ0) is 39.2. The van der Waals surface area contributed by atoms with Crippen LogP contribution in [0.3, 0.4) is 0 Å². The number of hydrogen-bond donors (Lipinski definition) is 0. The largest absolute Gasteiger partial charge is 0.437 e. The highest BCUT2D eigenvalue weighted by atomic mass is 28.3. The van der Waals surface area contributed by atoms with Crippen molar-refractivity contribution in [3.63, 3.8) is 0 Å². The van der Waals surface area contributed by atoms with Crippen LogP contribution in [0.1, 0.15) is 91.8 Å². The summed E-state index contributed by atoms with van der Waals surface area (Å²) >= 11 is 0. The molecule has 0 N–H and O–H groups in total. The minimum absolute atomic E-state index is 0.0361. The molecule has 0 radical (unpaired) electrons.